The maximum Gasteiger partial charge on any atom is 0.573 e. The minimum atomic E-state index is -4.69. The smallest absolute Gasteiger partial charge is 0.404 e. The molecule has 1 aromatic rings. The summed E-state index contributed by atoms with van der Waals surface area (Å²) in [6, 6.07) is 5.45. The third-order valence-electron chi connectivity index (χ3n) is 4.35. The quantitative estimate of drug-likeness (QED) is 0.844. The van der Waals surface area contributed by atoms with Gasteiger partial charge >= 0.3 is 6.36 Å². The van der Waals surface area contributed by atoms with Gasteiger partial charge in [-0.2, -0.15) is 0 Å². The zero-order valence-corrected chi connectivity index (χ0v) is 13.6. The summed E-state index contributed by atoms with van der Waals surface area (Å²) in [4.78, 5) is 2.48. The molecule has 0 amide bonds. The molecule has 0 radical (unpaired) electrons. The Morgan fingerprint density at radius 2 is 2.05 bits per heavy atom. The van der Waals surface area contributed by atoms with E-state index < -0.39 is 6.36 Å². The van der Waals surface area contributed by atoms with Crippen LogP contribution in [0.25, 0.3) is 0 Å². The van der Waals surface area contributed by atoms with Crippen molar-refractivity contribution in [2.75, 3.05) is 18.4 Å². The van der Waals surface area contributed by atoms with Crippen LogP contribution in [0, 0.1) is 0 Å². The lowest BCUT2D eigenvalue weighted by Crippen LogP contribution is -2.42. The molecule has 0 aliphatic carbocycles. The maximum absolute atomic E-state index is 12.5. The van der Waals surface area contributed by atoms with Crippen molar-refractivity contribution in [1.29, 1.82) is 0 Å². The van der Waals surface area contributed by atoms with Crippen LogP contribution in [0.3, 0.4) is 0 Å². The number of hydrogen-bond acceptors (Lipinski definition) is 3. The molecule has 2 saturated heterocycles. The molecule has 3 rings (SSSR count). The summed E-state index contributed by atoms with van der Waals surface area (Å²) in [5, 5.41) is 3.24. The Bertz CT molecular complexity index is 538. The Morgan fingerprint density at radius 3 is 2.82 bits per heavy atom. The van der Waals surface area contributed by atoms with Crippen LogP contribution in [0.2, 0.25) is 0 Å². The first-order chi connectivity index (χ1) is 10.4. The largest absolute Gasteiger partial charge is 0.573 e. The highest BCUT2D eigenvalue weighted by molar-refractivity contribution is 9.10. The van der Waals surface area contributed by atoms with Crippen LogP contribution in [0.4, 0.5) is 18.9 Å². The highest BCUT2D eigenvalue weighted by Crippen LogP contribution is 2.35. The first-order valence-corrected chi connectivity index (χ1v) is 8.26. The lowest BCUT2D eigenvalue weighted by molar-refractivity contribution is -0.274. The van der Waals surface area contributed by atoms with Crippen molar-refractivity contribution in [2.24, 2.45) is 0 Å². The van der Waals surface area contributed by atoms with Crippen LogP contribution >= 0.6 is 15.9 Å². The topological polar surface area (TPSA) is 24.5 Å². The number of rotatable bonds is 3. The molecule has 7 heteroatoms. The van der Waals surface area contributed by atoms with Crippen molar-refractivity contribution in [3.05, 3.63) is 22.7 Å². The second kappa shape index (κ2) is 6.28. The fourth-order valence-corrected chi connectivity index (χ4v) is 3.74. The minimum absolute atomic E-state index is 0.185. The average molecular weight is 379 g/mol. The Morgan fingerprint density at radius 1 is 1.23 bits per heavy atom. The number of benzene rings is 1. The van der Waals surface area contributed by atoms with Crippen molar-refractivity contribution in [3.63, 3.8) is 0 Å². The van der Waals surface area contributed by atoms with Crippen LogP contribution in [0.15, 0.2) is 22.7 Å². The number of alkyl halides is 3. The van der Waals surface area contributed by atoms with Crippen molar-refractivity contribution in [1.82, 2.24) is 4.90 Å². The summed E-state index contributed by atoms with van der Waals surface area (Å²) in [6.45, 7) is 2.16. The van der Waals surface area contributed by atoms with E-state index >= 15 is 0 Å². The van der Waals surface area contributed by atoms with Crippen molar-refractivity contribution in [2.45, 2.75) is 44.1 Å². The van der Waals surface area contributed by atoms with Gasteiger partial charge in [0.25, 0.3) is 0 Å². The fourth-order valence-electron chi connectivity index (χ4n) is 3.40. The predicted octanol–water partition coefficient (Wildman–Crippen LogP) is 4.39. The van der Waals surface area contributed by atoms with Crippen LogP contribution in [-0.2, 0) is 0 Å². The van der Waals surface area contributed by atoms with Gasteiger partial charge in [0.15, 0.2) is 5.75 Å². The molecule has 2 heterocycles. The van der Waals surface area contributed by atoms with Crippen LogP contribution in [-0.4, -0.2) is 36.4 Å². The van der Waals surface area contributed by atoms with Gasteiger partial charge in [-0.1, -0.05) is 15.9 Å². The van der Waals surface area contributed by atoms with Gasteiger partial charge in [-0.25, -0.2) is 0 Å². The van der Waals surface area contributed by atoms with E-state index in [1.54, 1.807) is 12.1 Å². The molecular formula is C15H18BrF3N2O. The van der Waals surface area contributed by atoms with Gasteiger partial charge in [-0.3, -0.25) is 0 Å². The molecule has 0 saturated carbocycles. The van der Waals surface area contributed by atoms with Crippen LogP contribution in [0.5, 0.6) is 5.75 Å². The third-order valence-corrected chi connectivity index (χ3v) is 4.84. The molecule has 0 bridgehead atoms. The Labute approximate surface area is 135 Å². The molecule has 1 N–H and O–H groups in total. The van der Waals surface area contributed by atoms with Gasteiger partial charge < -0.3 is 15.0 Å². The molecule has 2 aliphatic heterocycles. The highest BCUT2D eigenvalue weighted by Gasteiger charge is 2.34. The summed E-state index contributed by atoms with van der Waals surface area (Å²) < 4.78 is 42.3. The summed E-state index contributed by atoms with van der Waals surface area (Å²) in [5.41, 5.74) is 0.400. The van der Waals surface area contributed by atoms with Gasteiger partial charge in [0.2, 0.25) is 0 Å². The van der Waals surface area contributed by atoms with Crippen molar-refractivity contribution in [3.8, 4) is 5.75 Å². The van der Waals surface area contributed by atoms with E-state index in [1.807, 2.05) is 0 Å². The van der Waals surface area contributed by atoms with Gasteiger partial charge in [-0.05, 0) is 50.4 Å². The van der Waals surface area contributed by atoms with E-state index in [2.05, 4.69) is 30.9 Å². The molecule has 2 aliphatic rings. The van der Waals surface area contributed by atoms with E-state index in [1.165, 1.54) is 18.9 Å². The first-order valence-electron chi connectivity index (χ1n) is 7.46. The van der Waals surface area contributed by atoms with Gasteiger partial charge in [-0.15, -0.1) is 13.2 Å². The van der Waals surface area contributed by atoms with E-state index in [9.17, 15) is 13.2 Å². The summed E-state index contributed by atoms with van der Waals surface area (Å²) in [5.74, 6) is -0.185. The zero-order chi connectivity index (χ0) is 15.7. The molecule has 3 nitrogen and oxygen atoms in total. The molecule has 0 spiro atoms. The molecule has 122 valence electrons. The molecule has 0 unspecified atom stereocenters. The minimum Gasteiger partial charge on any atom is -0.404 e. The maximum atomic E-state index is 12.5. The monoisotopic (exact) mass is 378 g/mol. The molecular weight excluding hydrogens is 361 g/mol. The number of nitrogens with zero attached hydrogens (tertiary/aromatic N) is 1. The predicted molar refractivity (Wildman–Crippen MR) is 82.1 cm³/mol. The van der Waals surface area contributed by atoms with Crippen LogP contribution < -0.4 is 10.1 Å². The standard InChI is InChI=1S/C15H18BrF3N2O/c16-10-3-4-13(14(8-10)22-15(17,18)19)20-11-5-7-21-6-1-2-12(21)9-11/h3-4,8,11-12,20H,1-2,5-7,9H2/t11-,12-/m1/s1. The number of piperidine rings is 1. The summed E-state index contributed by atoms with van der Waals surface area (Å²) >= 11 is 3.18. The SMILES string of the molecule is FC(F)(F)Oc1cc(Br)ccc1N[C@@H]1CCN2CCC[C@@H]2C1. The number of fused-ring (bicyclic) bond motifs is 1. The number of nitrogens with one attached hydrogen (secondary N) is 1. The molecule has 1 aromatic carbocycles. The summed E-state index contributed by atoms with van der Waals surface area (Å²) in [7, 11) is 0. The van der Waals surface area contributed by atoms with Gasteiger partial charge in [0.1, 0.15) is 0 Å². The average Bonchev–Trinajstić information content (AvgIpc) is 2.87. The molecule has 0 aromatic heterocycles. The van der Waals surface area contributed by atoms with Crippen molar-refractivity contribution >= 4 is 21.6 Å². The molecule has 2 atom stereocenters. The summed E-state index contributed by atoms with van der Waals surface area (Å²) in [6.07, 6.45) is -0.367. The number of ether oxygens (including phenoxy) is 1. The van der Waals surface area contributed by atoms with E-state index in [0.29, 0.717) is 16.2 Å². The second-order valence-electron chi connectivity index (χ2n) is 5.89. The Balaban J connectivity index is 1.71. The highest BCUT2D eigenvalue weighted by atomic mass is 79.9. The lowest BCUT2D eigenvalue weighted by atomic mass is 9.97. The van der Waals surface area contributed by atoms with Crippen LogP contribution in [0.1, 0.15) is 25.7 Å². The van der Waals surface area contributed by atoms with Crippen molar-refractivity contribution < 1.29 is 17.9 Å². The lowest BCUT2D eigenvalue weighted by Gasteiger charge is -2.35. The second-order valence-corrected chi connectivity index (χ2v) is 6.80. The van der Waals surface area contributed by atoms with E-state index in [4.69, 9.17) is 0 Å². The zero-order valence-electron chi connectivity index (χ0n) is 12.0. The van der Waals surface area contributed by atoms with E-state index in [0.717, 1.165) is 25.9 Å². The van der Waals surface area contributed by atoms with E-state index in [-0.39, 0.29) is 11.8 Å². The first kappa shape index (κ1) is 15.9. The Kier molecular flexibility index (Phi) is 4.54. The molecule has 22 heavy (non-hydrogen) atoms. The fraction of sp³-hybridized carbons (Fsp3) is 0.600. The Hall–Kier alpha value is -0.950. The van der Waals surface area contributed by atoms with Gasteiger partial charge in [0, 0.05) is 23.1 Å². The normalized spacial score (nSPS) is 25.8. The van der Waals surface area contributed by atoms with Gasteiger partial charge in [0.05, 0.1) is 5.69 Å². The molecule has 2 fully saturated rings. The number of halogens is 4. The number of hydrogen-bond donors (Lipinski definition) is 1. The third kappa shape index (κ3) is 3.87. The number of anilines is 1.